The smallest absolute Gasteiger partial charge is 0.166 e. The first-order valence-corrected chi connectivity index (χ1v) is 15.1. The van der Waals surface area contributed by atoms with Crippen LogP contribution in [-0.4, -0.2) is 0 Å². The van der Waals surface area contributed by atoms with Gasteiger partial charge >= 0.3 is 0 Å². The summed E-state index contributed by atoms with van der Waals surface area (Å²) in [6.07, 6.45) is 14.8. The Kier molecular flexibility index (Phi) is 9.13. The molecule has 3 aromatic carbocycles. The van der Waals surface area contributed by atoms with Crippen LogP contribution < -0.4 is 0 Å². The summed E-state index contributed by atoms with van der Waals surface area (Å²) in [6, 6.07) is 13.1. The van der Waals surface area contributed by atoms with Crippen molar-refractivity contribution < 1.29 is 17.6 Å². The van der Waals surface area contributed by atoms with Crippen LogP contribution in [0.25, 0.3) is 22.3 Å². The van der Waals surface area contributed by atoms with Gasteiger partial charge in [-0.15, -0.1) is 0 Å². The summed E-state index contributed by atoms with van der Waals surface area (Å²) in [7, 11) is 0. The highest BCUT2D eigenvalue weighted by atomic mass is 19.2. The predicted octanol–water partition coefficient (Wildman–Crippen LogP) is 11.2. The molecule has 2 fully saturated rings. The zero-order chi connectivity index (χ0) is 28.2. The molecule has 0 bridgehead atoms. The van der Waals surface area contributed by atoms with Crippen LogP contribution in [0.5, 0.6) is 0 Å². The van der Waals surface area contributed by atoms with Gasteiger partial charge in [0.15, 0.2) is 23.3 Å². The largest absolute Gasteiger partial charge is 0.203 e. The maximum Gasteiger partial charge on any atom is 0.166 e. The maximum absolute atomic E-state index is 15.4. The molecule has 2 aliphatic rings. The van der Waals surface area contributed by atoms with E-state index in [1.54, 1.807) is 48.5 Å². The van der Waals surface area contributed by atoms with Gasteiger partial charge in [0.2, 0.25) is 0 Å². The summed E-state index contributed by atoms with van der Waals surface area (Å²) in [5, 5.41) is 0. The Hall–Kier alpha value is -2.88. The van der Waals surface area contributed by atoms with Crippen LogP contribution >= 0.6 is 0 Å². The maximum atomic E-state index is 15.4. The Labute approximate surface area is 236 Å². The fourth-order valence-corrected chi connectivity index (χ4v) is 7.19. The first-order valence-electron chi connectivity index (χ1n) is 15.1. The molecule has 0 aromatic heterocycles. The lowest BCUT2D eigenvalue weighted by atomic mass is 9.68. The van der Waals surface area contributed by atoms with E-state index in [1.165, 1.54) is 25.7 Å². The van der Waals surface area contributed by atoms with Gasteiger partial charge in [-0.05, 0) is 111 Å². The molecule has 4 heteroatoms. The fraction of sp³-hybridized carbons (Fsp3) is 0.444. The first kappa shape index (κ1) is 28.6. The Morgan fingerprint density at radius 2 is 1.15 bits per heavy atom. The van der Waals surface area contributed by atoms with Gasteiger partial charge in [-0.3, -0.25) is 0 Å². The van der Waals surface area contributed by atoms with Crippen LogP contribution in [0.3, 0.4) is 0 Å². The molecule has 0 heterocycles. The zero-order valence-corrected chi connectivity index (χ0v) is 23.7. The van der Waals surface area contributed by atoms with Crippen LogP contribution in [-0.2, 0) is 6.42 Å². The third-order valence-corrected chi connectivity index (χ3v) is 9.46. The number of rotatable bonds is 7. The highest BCUT2D eigenvalue weighted by Gasteiger charge is 2.32. The third kappa shape index (κ3) is 5.92. The molecule has 2 aliphatic carbocycles. The highest BCUT2D eigenvalue weighted by molar-refractivity contribution is 5.71. The van der Waals surface area contributed by atoms with Crippen LogP contribution in [0.15, 0.2) is 60.7 Å². The van der Waals surface area contributed by atoms with Gasteiger partial charge in [-0.25, -0.2) is 17.6 Å². The van der Waals surface area contributed by atoms with Crippen molar-refractivity contribution in [3.05, 3.63) is 95.1 Å². The van der Waals surface area contributed by atoms with E-state index < -0.39 is 23.3 Å². The van der Waals surface area contributed by atoms with Gasteiger partial charge in [0.05, 0.1) is 0 Å². The third-order valence-electron chi connectivity index (χ3n) is 9.46. The molecule has 0 saturated heterocycles. The van der Waals surface area contributed by atoms with Crippen molar-refractivity contribution >= 4 is 0 Å². The predicted molar refractivity (Wildman–Crippen MR) is 156 cm³/mol. The summed E-state index contributed by atoms with van der Waals surface area (Å²) in [4.78, 5) is 0. The van der Waals surface area contributed by atoms with Gasteiger partial charge in [-0.1, -0.05) is 74.0 Å². The molecule has 40 heavy (non-hydrogen) atoms. The minimum Gasteiger partial charge on any atom is -0.203 e. The summed E-state index contributed by atoms with van der Waals surface area (Å²) in [6.45, 7) is 4.01. The highest BCUT2D eigenvalue weighted by Crippen LogP contribution is 2.45. The Morgan fingerprint density at radius 1 is 0.625 bits per heavy atom. The van der Waals surface area contributed by atoms with E-state index in [1.807, 2.05) is 6.92 Å². The normalized spacial score (nSPS) is 23.6. The molecule has 5 rings (SSSR count). The van der Waals surface area contributed by atoms with E-state index in [-0.39, 0.29) is 17.0 Å². The van der Waals surface area contributed by atoms with Crippen molar-refractivity contribution in [3.8, 4) is 22.3 Å². The van der Waals surface area contributed by atoms with Crippen LogP contribution in [0.2, 0.25) is 0 Å². The molecule has 3 aromatic rings. The van der Waals surface area contributed by atoms with Crippen LogP contribution in [0, 0.1) is 41.0 Å². The second kappa shape index (κ2) is 12.7. The molecule has 2 saturated carbocycles. The quantitative estimate of drug-likeness (QED) is 0.203. The molecule has 0 N–H and O–H groups in total. The van der Waals surface area contributed by atoms with Crippen molar-refractivity contribution in [2.75, 3.05) is 0 Å². The first-order chi connectivity index (χ1) is 19.4. The minimum atomic E-state index is -0.878. The molecule has 0 unspecified atom stereocenters. The molecule has 0 radical (unpaired) electrons. The number of aryl methyl sites for hydroxylation is 1. The lowest BCUT2D eigenvalue weighted by Gasteiger charge is -2.37. The van der Waals surface area contributed by atoms with Gasteiger partial charge in [-0.2, -0.15) is 0 Å². The molecule has 0 atom stereocenters. The van der Waals surface area contributed by atoms with Crippen molar-refractivity contribution in [2.24, 2.45) is 17.8 Å². The number of hydrogen-bond acceptors (Lipinski definition) is 0. The average Bonchev–Trinajstić information content (AvgIpc) is 2.98. The zero-order valence-electron chi connectivity index (χ0n) is 23.7. The molecule has 0 amide bonds. The van der Waals surface area contributed by atoms with Crippen molar-refractivity contribution in [2.45, 2.75) is 84.0 Å². The topological polar surface area (TPSA) is 0 Å². The summed E-state index contributed by atoms with van der Waals surface area (Å²) in [5.41, 5.74) is 2.19. The molecule has 0 aliphatic heterocycles. The average molecular weight is 549 g/mol. The van der Waals surface area contributed by atoms with E-state index in [2.05, 4.69) is 19.1 Å². The SMILES string of the molecule is CC=CC1CCC(C2CCC(c3ccc(-c4ccc(-c5ccc(CCC)c(F)c5F)cc4)c(F)c3F)CC2)CC1. The number of hydrogen-bond donors (Lipinski definition) is 0. The van der Waals surface area contributed by atoms with Crippen LogP contribution in [0.1, 0.15) is 88.7 Å². The van der Waals surface area contributed by atoms with Gasteiger partial charge in [0.1, 0.15) is 0 Å². The summed E-state index contributed by atoms with van der Waals surface area (Å²) in [5.74, 6) is -1.04. The molecular formula is C36H40F4. The van der Waals surface area contributed by atoms with E-state index >= 15 is 8.78 Å². The molecule has 0 spiro atoms. The summed E-state index contributed by atoms with van der Waals surface area (Å²) >= 11 is 0. The molecule has 0 nitrogen and oxygen atoms in total. The molecular weight excluding hydrogens is 508 g/mol. The van der Waals surface area contributed by atoms with E-state index in [9.17, 15) is 8.78 Å². The van der Waals surface area contributed by atoms with Crippen molar-refractivity contribution in [1.29, 1.82) is 0 Å². The lowest BCUT2D eigenvalue weighted by Crippen LogP contribution is -2.25. The Morgan fingerprint density at radius 3 is 1.70 bits per heavy atom. The van der Waals surface area contributed by atoms with Crippen molar-refractivity contribution in [1.82, 2.24) is 0 Å². The van der Waals surface area contributed by atoms with Crippen LogP contribution in [0.4, 0.5) is 17.6 Å². The summed E-state index contributed by atoms with van der Waals surface area (Å²) < 4.78 is 59.9. The number of allylic oxidation sites excluding steroid dienone is 2. The standard InChI is InChI=1S/C36H40F4/c1-3-5-23-7-9-24(10-8-23)25-11-13-26(14-12-25)31-21-22-32(36(40)35(31)39)28-17-15-27(16-18-28)30-20-19-29(6-4-2)33(37)34(30)38/h3,5,15-26H,4,6-14H2,1-2H3. The van der Waals surface area contributed by atoms with Gasteiger partial charge < -0.3 is 0 Å². The van der Waals surface area contributed by atoms with E-state index in [0.29, 0.717) is 34.6 Å². The van der Waals surface area contributed by atoms with Crippen molar-refractivity contribution in [3.63, 3.8) is 0 Å². The monoisotopic (exact) mass is 548 g/mol. The fourth-order valence-electron chi connectivity index (χ4n) is 7.19. The lowest BCUT2D eigenvalue weighted by molar-refractivity contribution is 0.170. The van der Waals surface area contributed by atoms with E-state index in [4.69, 9.17) is 0 Å². The Balaban J connectivity index is 1.26. The number of benzene rings is 3. The minimum absolute atomic E-state index is 0.0510. The van der Waals surface area contributed by atoms with Gasteiger partial charge in [0.25, 0.3) is 0 Å². The number of halogens is 4. The van der Waals surface area contributed by atoms with Gasteiger partial charge in [0, 0.05) is 11.1 Å². The second-order valence-electron chi connectivity index (χ2n) is 11.9. The molecule has 212 valence electrons. The second-order valence-corrected chi connectivity index (χ2v) is 11.9. The van der Waals surface area contributed by atoms with E-state index in [0.717, 1.165) is 43.9 Å². The Bertz CT molecular complexity index is 1320.